The standard InChI is InChI=1S/C29H30F3N9O/c1-17-24(11-21(15-35-17)37-28(42)23-10-19(3-4-34-23)29(30,31)32)40-16-26-18-9-20(14-33-13-18)36-22-12-25(27(22)41(26)40)39-7-5-38(2)6-8-39/h3-4,9-11,13-16,22,25,27,36H,5-8,12H2,1-2H3,(H,37,42). The van der Waals surface area contributed by atoms with E-state index in [2.05, 4.69) is 57.9 Å². The first kappa shape index (κ1) is 26.7. The number of halogens is 3. The van der Waals surface area contributed by atoms with E-state index in [0.717, 1.165) is 79.3 Å². The van der Waals surface area contributed by atoms with Crippen molar-refractivity contribution in [3.05, 3.63) is 72.2 Å². The fourth-order valence-corrected chi connectivity index (χ4v) is 6.22. The number of rotatable bonds is 4. The molecule has 4 aromatic heterocycles. The normalized spacial score (nSPS) is 22.3. The number of alkyl halides is 3. The average molecular weight is 578 g/mol. The van der Waals surface area contributed by atoms with Crippen LogP contribution in [0.15, 0.2) is 55.2 Å². The molecule has 2 fully saturated rings. The van der Waals surface area contributed by atoms with E-state index in [0.29, 0.717) is 11.7 Å². The van der Waals surface area contributed by atoms with Gasteiger partial charge in [-0.15, -0.1) is 0 Å². The van der Waals surface area contributed by atoms with Gasteiger partial charge < -0.3 is 15.5 Å². The van der Waals surface area contributed by atoms with Crippen LogP contribution in [0.5, 0.6) is 0 Å². The minimum Gasteiger partial charge on any atom is -0.379 e. The average Bonchev–Trinajstić information content (AvgIpc) is 2.95. The lowest BCUT2D eigenvalue weighted by Crippen LogP contribution is -2.63. The van der Waals surface area contributed by atoms with E-state index in [1.807, 2.05) is 25.5 Å². The molecule has 4 aromatic rings. The number of likely N-dealkylation sites (N-methyl/N-ethyl adjacent to an activating group) is 1. The first-order valence-corrected chi connectivity index (χ1v) is 13.9. The molecule has 3 atom stereocenters. The topological polar surface area (TPSA) is 96.1 Å². The Labute approximate surface area is 240 Å². The van der Waals surface area contributed by atoms with Crippen LogP contribution in [-0.2, 0) is 6.18 Å². The lowest BCUT2D eigenvalue weighted by atomic mass is 9.78. The first-order valence-electron chi connectivity index (χ1n) is 13.9. The van der Waals surface area contributed by atoms with Crippen molar-refractivity contribution >= 4 is 17.3 Å². The number of amides is 1. The Morgan fingerprint density at radius 2 is 1.88 bits per heavy atom. The van der Waals surface area contributed by atoms with Gasteiger partial charge in [0, 0.05) is 56.4 Å². The lowest BCUT2D eigenvalue weighted by Gasteiger charge is -2.55. The molecule has 0 radical (unpaired) electrons. The summed E-state index contributed by atoms with van der Waals surface area (Å²) in [5, 5.41) is 6.36. The maximum atomic E-state index is 13.2. The number of piperazine rings is 1. The molecule has 1 saturated carbocycles. The lowest BCUT2D eigenvalue weighted by molar-refractivity contribution is -0.137. The van der Waals surface area contributed by atoms with Gasteiger partial charge in [-0.05, 0) is 44.7 Å². The Bertz CT molecular complexity index is 1650. The highest BCUT2D eigenvalue weighted by atomic mass is 19.4. The molecule has 2 aliphatic heterocycles. The molecule has 10 nitrogen and oxygen atoms in total. The van der Waals surface area contributed by atoms with Crippen molar-refractivity contribution in [3.8, 4) is 16.9 Å². The first-order chi connectivity index (χ1) is 20.2. The summed E-state index contributed by atoms with van der Waals surface area (Å²) < 4.78 is 43.9. The highest BCUT2D eigenvalue weighted by molar-refractivity contribution is 6.03. The molecule has 2 bridgehead atoms. The number of nitrogens with one attached hydrogen (secondary N) is 2. The fourth-order valence-electron chi connectivity index (χ4n) is 6.22. The molecule has 2 N–H and O–H groups in total. The van der Waals surface area contributed by atoms with E-state index in [4.69, 9.17) is 0 Å². The van der Waals surface area contributed by atoms with Gasteiger partial charge in [0.2, 0.25) is 0 Å². The van der Waals surface area contributed by atoms with Crippen molar-refractivity contribution < 1.29 is 18.0 Å². The Kier molecular flexibility index (Phi) is 6.31. The summed E-state index contributed by atoms with van der Waals surface area (Å²) in [6.45, 7) is 5.97. The molecule has 7 rings (SSSR count). The Hall–Kier alpha value is -4.23. The maximum absolute atomic E-state index is 13.2. The van der Waals surface area contributed by atoms with Crippen LogP contribution >= 0.6 is 0 Å². The third-order valence-corrected chi connectivity index (χ3v) is 8.59. The van der Waals surface area contributed by atoms with Gasteiger partial charge in [-0.25, -0.2) is 0 Å². The molecule has 0 spiro atoms. The molecule has 218 valence electrons. The van der Waals surface area contributed by atoms with Gasteiger partial charge in [-0.1, -0.05) is 0 Å². The zero-order valence-electron chi connectivity index (χ0n) is 23.1. The van der Waals surface area contributed by atoms with Gasteiger partial charge in [0.25, 0.3) is 5.91 Å². The predicted molar refractivity (Wildman–Crippen MR) is 151 cm³/mol. The number of hydrogen-bond donors (Lipinski definition) is 2. The van der Waals surface area contributed by atoms with Gasteiger partial charge in [0.1, 0.15) is 5.69 Å². The van der Waals surface area contributed by atoms with Gasteiger partial charge in [0.05, 0.1) is 58.5 Å². The monoisotopic (exact) mass is 577 g/mol. The summed E-state index contributed by atoms with van der Waals surface area (Å²) in [7, 11) is 2.15. The largest absolute Gasteiger partial charge is 0.416 e. The van der Waals surface area contributed by atoms with Crippen molar-refractivity contribution in [1.29, 1.82) is 0 Å². The minimum atomic E-state index is -4.57. The maximum Gasteiger partial charge on any atom is 0.416 e. The number of carbonyl (C=O) groups excluding carboxylic acids is 1. The SMILES string of the molecule is Cc1ncc(NC(=O)c2cc(C(F)(F)F)ccn2)cc1-n1cc2n1C1C(CC1N1CCN(C)CC1)Nc1cncc-2c1. The fraction of sp³-hybridized carbons (Fsp3) is 0.379. The molecular formula is C29H30F3N9O. The van der Waals surface area contributed by atoms with Crippen LogP contribution in [0.4, 0.5) is 24.5 Å². The zero-order chi connectivity index (χ0) is 29.2. The summed E-state index contributed by atoms with van der Waals surface area (Å²) >= 11 is 0. The number of carbonyl (C=O) groups is 1. The summed E-state index contributed by atoms with van der Waals surface area (Å²) in [6.07, 6.45) is 4.67. The molecule has 6 heterocycles. The number of fused-ring (bicyclic) bond motifs is 6. The van der Waals surface area contributed by atoms with Crippen LogP contribution in [0.25, 0.3) is 16.9 Å². The van der Waals surface area contributed by atoms with E-state index in [-0.39, 0.29) is 17.8 Å². The molecule has 42 heavy (non-hydrogen) atoms. The molecule has 13 heteroatoms. The van der Waals surface area contributed by atoms with Crippen LogP contribution in [0.2, 0.25) is 0 Å². The van der Waals surface area contributed by atoms with Crippen molar-refractivity contribution in [2.45, 2.75) is 37.6 Å². The summed E-state index contributed by atoms with van der Waals surface area (Å²) in [5.74, 6) is -0.745. The second-order valence-corrected chi connectivity index (χ2v) is 11.3. The van der Waals surface area contributed by atoms with E-state index in [9.17, 15) is 18.0 Å². The van der Waals surface area contributed by atoms with Crippen molar-refractivity contribution in [2.75, 3.05) is 43.9 Å². The van der Waals surface area contributed by atoms with Gasteiger partial charge in [0.15, 0.2) is 0 Å². The predicted octanol–water partition coefficient (Wildman–Crippen LogP) is 4.07. The second kappa shape index (κ2) is 9.95. The molecule has 1 amide bonds. The van der Waals surface area contributed by atoms with Gasteiger partial charge >= 0.3 is 6.18 Å². The molecular weight excluding hydrogens is 547 g/mol. The van der Waals surface area contributed by atoms with Crippen molar-refractivity contribution in [1.82, 2.24) is 34.1 Å². The van der Waals surface area contributed by atoms with Crippen LogP contribution < -0.4 is 10.6 Å². The zero-order valence-corrected chi connectivity index (χ0v) is 23.1. The van der Waals surface area contributed by atoms with Crippen LogP contribution in [0.3, 0.4) is 0 Å². The van der Waals surface area contributed by atoms with E-state index < -0.39 is 17.6 Å². The second-order valence-electron chi connectivity index (χ2n) is 11.3. The van der Waals surface area contributed by atoms with Crippen LogP contribution in [-0.4, -0.2) is 85.3 Å². The molecule has 0 aromatic carbocycles. The molecule has 1 aliphatic carbocycles. The number of aryl methyl sites for hydroxylation is 1. The van der Waals surface area contributed by atoms with E-state index >= 15 is 0 Å². The number of nitrogens with zero attached hydrogens (tertiary/aromatic N) is 7. The Morgan fingerprint density at radius 1 is 1.07 bits per heavy atom. The molecule has 3 aliphatic rings. The van der Waals surface area contributed by atoms with E-state index in [1.54, 1.807) is 6.07 Å². The summed E-state index contributed by atoms with van der Waals surface area (Å²) in [5.41, 5.74) is 3.67. The van der Waals surface area contributed by atoms with Crippen molar-refractivity contribution in [2.24, 2.45) is 0 Å². The summed E-state index contributed by atoms with van der Waals surface area (Å²) in [4.78, 5) is 30.6. The summed E-state index contributed by atoms with van der Waals surface area (Å²) in [6, 6.07) is 6.19. The van der Waals surface area contributed by atoms with Crippen LogP contribution in [0, 0.1) is 6.92 Å². The number of aromatic nitrogens is 5. The Balaban J connectivity index is 1.23. The highest BCUT2D eigenvalue weighted by Crippen LogP contribution is 2.45. The molecule has 1 saturated heterocycles. The Morgan fingerprint density at radius 3 is 2.67 bits per heavy atom. The smallest absolute Gasteiger partial charge is 0.379 e. The van der Waals surface area contributed by atoms with Crippen LogP contribution in [0.1, 0.15) is 34.2 Å². The third kappa shape index (κ3) is 4.62. The minimum absolute atomic E-state index is 0.152. The number of hydrogen-bond acceptors (Lipinski definition) is 7. The number of pyridine rings is 3. The third-order valence-electron chi connectivity index (χ3n) is 8.59. The van der Waals surface area contributed by atoms with E-state index in [1.165, 1.54) is 6.20 Å². The quantitative estimate of drug-likeness (QED) is 0.378. The highest BCUT2D eigenvalue weighted by Gasteiger charge is 2.49. The molecule has 3 unspecified atom stereocenters. The van der Waals surface area contributed by atoms with Gasteiger partial charge in [-0.2, -0.15) is 13.2 Å². The number of anilines is 2. The van der Waals surface area contributed by atoms with Gasteiger partial charge in [-0.3, -0.25) is 34.0 Å². The van der Waals surface area contributed by atoms with Crippen molar-refractivity contribution in [3.63, 3.8) is 0 Å².